The molecule has 0 atom stereocenters. The zero-order valence-electron chi connectivity index (χ0n) is 80.6. The van der Waals surface area contributed by atoms with E-state index in [1.807, 2.05) is 46.0 Å². The molecular formula is C125H69BBrF2N7O10S3. The largest absolute Gasteiger partial charge is 0.497 e. The van der Waals surface area contributed by atoms with Gasteiger partial charge in [0.25, 0.3) is 10.0 Å². The third-order valence-electron chi connectivity index (χ3n) is 20.8. The highest BCUT2D eigenvalue weighted by Crippen LogP contribution is 2.46. The normalized spacial score (nSPS) is 11.7. The number of sulfone groups is 2. The number of rotatable bonds is 10. The summed E-state index contributed by atoms with van der Waals surface area (Å²) in [5, 5.41) is 6.82. The molecule has 24 heteroatoms. The van der Waals surface area contributed by atoms with E-state index in [-0.39, 0.29) is 38.2 Å². The van der Waals surface area contributed by atoms with Gasteiger partial charge in [0.15, 0.2) is 19.7 Å². The van der Waals surface area contributed by atoms with E-state index in [0.717, 1.165) is 103 Å². The lowest BCUT2D eigenvalue weighted by molar-refractivity contribution is 0.00578. The van der Waals surface area contributed by atoms with Crippen molar-refractivity contribution in [1.29, 1.82) is 0 Å². The summed E-state index contributed by atoms with van der Waals surface area (Å²) in [6.45, 7) is 14.6. The van der Waals surface area contributed by atoms with Crippen LogP contribution in [0.3, 0.4) is 0 Å². The molecule has 0 radical (unpaired) electrons. The van der Waals surface area contributed by atoms with Gasteiger partial charge in [-0.05, 0) is 298 Å². The summed E-state index contributed by atoms with van der Waals surface area (Å²) >= 11 is 3.11. The van der Waals surface area contributed by atoms with Gasteiger partial charge in [-0.15, -0.1) is 0 Å². The quantitative estimate of drug-likeness (QED) is 0.0711. The molecule has 3 fully saturated rings. The summed E-state index contributed by atoms with van der Waals surface area (Å²) in [5.41, 5.74) is 9.58. The molecule has 5 aromatic heterocycles. The number of ether oxygens (including phenoxy) is 2. The van der Waals surface area contributed by atoms with Crippen LogP contribution < -0.4 is 5.46 Å². The number of nitrogens with zero attached hydrogens (tertiary/aromatic N) is 7. The standard InChI is InChI=1S/C60H6.C32H33BFN3O5S.C27H24FN3O3S.C6H6BrNO2S/c1-3-5-7-9-11-13-15-17-19-21-23-25-27-29-31-33-35-37-39-41-43-45-47-49-51-53-55-57-59-60-58-56-54-52-50-48-46-44-42-40-38-36-34-32-30-28-26-24-22-20-18-16-14-12-10-8-6-4-2;1-31(2)32(3,4)42-33(41-31)29-26-19-27-22(20-35-37(27)43(38,39)25-8-6-5-7-9-25)18-28(26)36(24-12-10-23(34)11-13-24)30(29)21-14-16-40-17-15-21;1-35(32,33)22-6-7-24(30-16-22)26-23-12-18-14-29-15-19(18)13-25(23)31(21-4-2-20(28)3-5-21)27(26)17-8-10-34-11-9-17;1-11(9,10)5-2-3-6(7)8-4-5/h1-2H3;5-13,18-21H,14-17H2,1-4H3;2-7,12-13,15-17H,8-11,14H2,1H3;2-4H,1H3. The molecule has 0 amide bonds. The summed E-state index contributed by atoms with van der Waals surface area (Å²) in [6.07, 6.45) is 11.8. The summed E-state index contributed by atoms with van der Waals surface area (Å²) in [5.74, 6) is 145. The first-order valence-electron chi connectivity index (χ1n) is 44.2. The molecule has 9 heterocycles. The van der Waals surface area contributed by atoms with Crippen LogP contribution in [0.5, 0.6) is 0 Å². The maximum absolute atomic E-state index is 14.1. The van der Waals surface area contributed by atoms with Gasteiger partial charge in [-0.3, -0.25) is 9.98 Å². The highest BCUT2D eigenvalue weighted by Gasteiger charge is 2.54. The van der Waals surface area contributed by atoms with Crippen LogP contribution in [0, 0.1) is 355 Å². The lowest BCUT2D eigenvalue weighted by atomic mass is 9.73. The average molecular weight is 2050 g/mol. The Labute approximate surface area is 877 Å². The Kier molecular flexibility index (Phi) is 41.5. The van der Waals surface area contributed by atoms with Crippen LogP contribution >= 0.6 is 15.9 Å². The molecule has 4 aliphatic rings. The SMILES string of the molecule is CC#CC#CC#CC#CC#CC#CC#CC#CC#CC#CC#CC#CC#CC#CC#CC#CC#CC#CC#CC#CC#CC#CC#CC#CC#CC#CC#CC#CC#CC.CC1(C)OB(c2c(C3CCOCC3)n(-c3ccc(F)cc3)c3cc4cnn(S(=O)(=O)c5ccccc5)c4cc23)OC1(C)C.CS(=O)(=O)c1ccc(-c2c(C3CCOCC3)n(-c3ccc(F)cc3)c3cc4c(cc23)CN=C4)nc1.CS(=O)(=O)c1ccc(Br)nc1. The third-order valence-corrected chi connectivity index (χ3v) is 25.1. The zero-order valence-corrected chi connectivity index (χ0v) is 84.6. The summed E-state index contributed by atoms with van der Waals surface area (Å²) in [4.78, 5) is 13.4. The number of fused-ring (bicyclic) bond motifs is 4. The number of aliphatic imine (C=N–C) groups is 1. The Bertz CT molecular complexity index is 9350. The van der Waals surface area contributed by atoms with E-state index in [4.69, 9.17) is 18.8 Å². The fourth-order valence-electron chi connectivity index (χ4n) is 13.7. The first kappa shape index (κ1) is 109. The maximum atomic E-state index is 14.1. The van der Waals surface area contributed by atoms with Gasteiger partial charge in [-0.1, -0.05) is 30.0 Å². The Morgan fingerprint density at radius 3 is 1.06 bits per heavy atom. The van der Waals surface area contributed by atoms with Crippen molar-refractivity contribution in [3.63, 3.8) is 0 Å². The Hall–Kier alpha value is -20.0. The highest BCUT2D eigenvalue weighted by molar-refractivity contribution is 9.10. The first-order valence-corrected chi connectivity index (χ1v) is 50.2. The predicted molar refractivity (Wildman–Crippen MR) is 580 cm³/mol. The van der Waals surface area contributed by atoms with Crippen LogP contribution in [0.1, 0.15) is 102 Å². The van der Waals surface area contributed by atoms with Crippen molar-refractivity contribution < 1.29 is 52.8 Å². The fraction of sp³-hybridized carbons (Fsp3) is 0.168. The van der Waals surface area contributed by atoms with Gasteiger partial charge in [0.1, 0.15) is 16.2 Å². The minimum absolute atomic E-state index is 0.105. The van der Waals surface area contributed by atoms with Gasteiger partial charge < -0.3 is 27.9 Å². The van der Waals surface area contributed by atoms with Gasteiger partial charge in [-0.2, -0.15) is 17.6 Å². The van der Waals surface area contributed by atoms with Crippen molar-refractivity contribution in [1.82, 2.24) is 28.3 Å². The lowest BCUT2D eigenvalue weighted by Crippen LogP contribution is -2.41. The number of benzene rings is 5. The molecule has 0 N–H and O–H groups in total. The number of halogens is 3. The second-order valence-electron chi connectivity index (χ2n) is 31.1. The van der Waals surface area contributed by atoms with Crippen molar-refractivity contribution in [3.05, 3.63) is 185 Å². The molecule has 3 saturated heterocycles. The molecule has 5 aromatic carbocycles. The summed E-state index contributed by atoms with van der Waals surface area (Å²) in [6, 6.07) is 35.9. The van der Waals surface area contributed by atoms with Crippen LogP contribution in [-0.4, -0.2) is 117 Å². The van der Waals surface area contributed by atoms with Gasteiger partial charge in [0, 0.05) is 356 Å². The van der Waals surface area contributed by atoms with Crippen LogP contribution in [0.25, 0.3) is 55.3 Å². The number of hydrogen-bond acceptors (Lipinski definition) is 14. The number of hydrogen-bond donors (Lipinski definition) is 0. The molecule has 0 spiro atoms. The van der Waals surface area contributed by atoms with Crippen molar-refractivity contribution in [2.45, 2.75) is 111 Å². The fourth-order valence-corrected chi connectivity index (χ4v) is 16.4. The Morgan fingerprint density at radius 2 is 0.718 bits per heavy atom. The Morgan fingerprint density at radius 1 is 0.376 bits per heavy atom. The van der Waals surface area contributed by atoms with E-state index in [2.05, 4.69) is 401 Å². The molecule has 4 aliphatic heterocycles. The van der Waals surface area contributed by atoms with Crippen molar-refractivity contribution in [2.24, 2.45) is 4.99 Å². The van der Waals surface area contributed by atoms with Crippen molar-refractivity contribution in [2.75, 3.05) is 38.9 Å². The molecule has 0 bridgehead atoms. The molecule has 0 aliphatic carbocycles. The van der Waals surface area contributed by atoms with Gasteiger partial charge >= 0.3 is 7.12 Å². The first-order chi connectivity index (χ1) is 72.3. The minimum atomic E-state index is -3.96. The van der Waals surface area contributed by atoms with E-state index >= 15 is 0 Å². The topological polar surface area (TPSA) is 205 Å². The van der Waals surface area contributed by atoms with E-state index in [9.17, 15) is 34.0 Å². The van der Waals surface area contributed by atoms with Gasteiger partial charge in [-0.25, -0.2) is 30.6 Å². The third kappa shape index (κ3) is 33.3. The van der Waals surface area contributed by atoms with Crippen molar-refractivity contribution in [3.8, 4) is 366 Å². The molecule has 17 nitrogen and oxygen atoms in total. The summed E-state index contributed by atoms with van der Waals surface area (Å²) < 4.78 is 132. The molecule has 10 aromatic rings. The monoisotopic (exact) mass is 2050 g/mol. The number of aromatic nitrogens is 6. The zero-order chi connectivity index (χ0) is 106. The second-order valence-corrected chi connectivity index (χ2v) is 37.7. The molecule has 0 unspecified atom stereocenters. The van der Waals surface area contributed by atoms with Crippen LogP contribution in [0.4, 0.5) is 8.78 Å². The van der Waals surface area contributed by atoms with Gasteiger partial charge in [0.05, 0.1) is 60.9 Å². The summed E-state index contributed by atoms with van der Waals surface area (Å²) in [7, 11) is -11.1. The highest BCUT2D eigenvalue weighted by atomic mass is 79.9. The van der Waals surface area contributed by atoms with Crippen LogP contribution in [-0.2, 0) is 55.0 Å². The smallest absolute Gasteiger partial charge is 0.399 e. The predicted octanol–water partition coefficient (Wildman–Crippen LogP) is 13.0. The molecular weight excluding hydrogens is 1980 g/mol. The van der Waals surface area contributed by atoms with E-state index < -0.39 is 48.0 Å². The molecule has 706 valence electrons. The molecule has 149 heavy (non-hydrogen) atoms. The lowest BCUT2D eigenvalue weighted by Gasteiger charge is -2.32. The number of pyridine rings is 2. The second kappa shape index (κ2) is 56.6. The van der Waals surface area contributed by atoms with E-state index in [1.54, 1.807) is 92.8 Å². The molecule has 0 saturated carbocycles. The van der Waals surface area contributed by atoms with E-state index in [1.165, 1.54) is 49.0 Å². The molecule has 14 rings (SSSR count). The minimum Gasteiger partial charge on any atom is -0.399 e. The average Bonchev–Trinajstić information content (AvgIpc) is 1.55. The maximum Gasteiger partial charge on any atom is 0.497 e. The van der Waals surface area contributed by atoms with Crippen LogP contribution in [0.15, 0.2) is 170 Å². The van der Waals surface area contributed by atoms with E-state index in [0.29, 0.717) is 54.2 Å². The van der Waals surface area contributed by atoms with Gasteiger partial charge in [0.2, 0.25) is 0 Å². The Balaban J connectivity index is 0.000000206. The van der Waals surface area contributed by atoms with Crippen LogP contribution in [0.2, 0.25) is 0 Å². The van der Waals surface area contributed by atoms with Crippen molar-refractivity contribution >= 4 is 97.1 Å².